The first-order valence-corrected chi connectivity index (χ1v) is 6.71. The van der Waals surface area contributed by atoms with Crippen molar-refractivity contribution in [1.29, 1.82) is 0 Å². The average Bonchev–Trinajstić information content (AvgIpc) is 2.74. The van der Waals surface area contributed by atoms with E-state index < -0.39 is 12.7 Å². The van der Waals surface area contributed by atoms with Crippen LogP contribution in [0.5, 0.6) is 0 Å². The highest BCUT2D eigenvalue weighted by atomic mass is 19.4. The normalized spacial score (nSPS) is 20.6. The molecule has 0 aromatic carbocycles. The highest BCUT2D eigenvalue weighted by molar-refractivity contribution is 5.37. The molecule has 0 aliphatic carbocycles. The summed E-state index contributed by atoms with van der Waals surface area (Å²) in [4.78, 5) is 9.71. The Labute approximate surface area is 116 Å². The van der Waals surface area contributed by atoms with Gasteiger partial charge in [-0.1, -0.05) is 13.8 Å². The summed E-state index contributed by atoms with van der Waals surface area (Å²) < 4.78 is 37.0. The zero-order valence-electron chi connectivity index (χ0n) is 11.6. The number of hydrogen-bond donors (Lipinski definition) is 1. The summed E-state index contributed by atoms with van der Waals surface area (Å²) in [6.45, 7) is 4.07. The van der Waals surface area contributed by atoms with Gasteiger partial charge in [-0.05, 0) is 12.3 Å². The van der Waals surface area contributed by atoms with E-state index in [1.807, 2.05) is 19.9 Å². The third-order valence-corrected chi connectivity index (χ3v) is 3.31. The predicted molar refractivity (Wildman–Crippen MR) is 70.6 cm³/mol. The van der Waals surface area contributed by atoms with Crippen molar-refractivity contribution in [1.82, 2.24) is 14.9 Å². The van der Waals surface area contributed by atoms with Crippen LogP contribution in [0.25, 0.3) is 0 Å². The zero-order valence-corrected chi connectivity index (χ0v) is 11.6. The molecule has 0 radical (unpaired) electrons. The van der Waals surface area contributed by atoms with Gasteiger partial charge in [0.05, 0.1) is 6.54 Å². The molecule has 1 aliphatic heterocycles. The van der Waals surface area contributed by atoms with Crippen LogP contribution in [0.15, 0.2) is 12.4 Å². The summed E-state index contributed by atoms with van der Waals surface area (Å²) in [7, 11) is 0. The van der Waals surface area contributed by atoms with Crippen LogP contribution in [0.4, 0.5) is 19.0 Å². The Kier molecular flexibility index (Phi) is 4.47. The molecule has 7 heteroatoms. The van der Waals surface area contributed by atoms with Crippen molar-refractivity contribution >= 4 is 5.82 Å². The number of rotatable bonds is 4. The molecule has 112 valence electrons. The van der Waals surface area contributed by atoms with Gasteiger partial charge in [-0.15, -0.1) is 0 Å². The Balaban J connectivity index is 1.90. The molecule has 1 N–H and O–H groups in total. The lowest BCUT2D eigenvalue weighted by molar-refractivity contribution is -0.143. The first kappa shape index (κ1) is 15.0. The third-order valence-electron chi connectivity index (χ3n) is 3.31. The molecule has 1 aromatic rings. The predicted octanol–water partition coefficient (Wildman–Crippen LogP) is 2.65. The lowest BCUT2D eigenvalue weighted by Crippen LogP contribution is -2.34. The van der Waals surface area contributed by atoms with Crippen molar-refractivity contribution in [3.8, 4) is 0 Å². The van der Waals surface area contributed by atoms with Crippen molar-refractivity contribution in [3.63, 3.8) is 0 Å². The Hall–Kier alpha value is -1.37. The van der Waals surface area contributed by atoms with E-state index in [-0.39, 0.29) is 6.04 Å². The molecule has 1 aliphatic rings. The standard InChI is InChI=1S/C13H19F3N4/c1-9(2)11-5-12(18-8-17-11)19-10-3-4-20(6-10)7-13(14,15)16/h5,8-10H,3-4,6-7H2,1-2H3,(H,17,18,19). The van der Waals surface area contributed by atoms with Gasteiger partial charge in [0.2, 0.25) is 0 Å². The number of likely N-dealkylation sites (tertiary alicyclic amines) is 1. The van der Waals surface area contributed by atoms with Crippen molar-refractivity contribution in [3.05, 3.63) is 18.1 Å². The molecule has 0 bridgehead atoms. The first-order chi connectivity index (χ1) is 9.33. The van der Waals surface area contributed by atoms with Gasteiger partial charge >= 0.3 is 6.18 Å². The molecule has 0 amide bonds. The summed E-state index contributed by atoms with van der Waals surface area (Å²) in [5.41, 5.74) is 0.924. The average molecular weight is 288 g/mol. The van der Waals surface area contributed by atoms with Crippen LogP contribution in [0.3, 0.4) is 0 Å². The van der Waals surface area contributed by atoms with Crippen LogP contribution in [-0.4, -0.2) is 46.7 Å². The maximum atomic E-state index is 12.3. The van der Waals surface area contributed by atoms with E-state index in [2.05, 4.69) is 15.3 Å². The fraction of sp³-hybridized carbons (Fsp3) is 0.692. The smallest absolute Gasteiger partial charge is 0.366 e. The van der Waals surface area contributed by atoms with E-state index >= 15 is 0 Å². The van der Waals surface area contributed by atoms with Crippen molar-refractivity contribution in [2.75, 3.05) is 25.0 Å². The molecule has 0 saturated carbocycles. The van der Waals surface area contributed by atoms with Gasteiger partial charge in [0.25, 0.3) is 0 Å². The van der Waals surface area contributed by atoms with Gasteiger partial charge in [-0.3, -0.25) is 4.90 Å². The number of halogens is 3. The van der Waals surface area contributed by atoms with Gasteiger partial charge in [0.15, 0.2) is 0 Å². The molecule has 1 fully saturated rings. The second-order valence-corrected chi connectivity index (χ2v) is 5.46. The molecule has 2 heterocycles. The molecule has 1 aromatic heterocycles. The van der Waals surface area contributed by atoms with E-state index in [0.717, 1.165) is 5.69 Å². The number of anilines is 1. The Bertz CT molecular complexity index is 447. The number of nitrogens with zero attached hydrogens (tertiary/aromatic N) is 3. The second kappa shape index (κ2) is 5.95. The van der Waals surface area contributed by atoms with E-state index in [1.165, 1.54) is 11.2 Å². The maximum absolute atomic E-state index is 12.3. The topological polar surface area (TPSA) is 41.0 Å². The number of alkyl halides is 3. The van der Waals surface area contributed by atoms with Gasteiger partial charge in [0, 0.05) is 30.9 Å². The first-order valence-electron chi connectivity index (χ1n) is 6.71. The van der Waals surface area contributed by atoms with E-state index in [4.69, 9.17) is 0 Å². The molecule has 1 atom stereocenters. The molecule has 1 saturated heterocycles. The highest BCUT2D eigenvalue weighted by Crippen LogP contribution is 2.22. The second-order valence-electron chi connectivity index (χ2n) is 5.46. The minimum atomic E-state index is -4.13. The Morgan fingerprint density at radius 1 is 1.40 bits per heavy atom. The summed E-state index contributed by atoms with van der Waals surface area (Å²) in [5, 5.41) is 3.19. The van der Waals surface area contributed by atoms with Crippen LogP contribution in [0.1, 0.15) is 31.9 Å². The largest absolute Gasteiger partial charge is 0.401 e. The molecular formula is C13H19F3N4. The van der Waals surface area contributed by atoms with Crippen LogP contribution >= 0.6 is 0 Å². The maximum Gasteiger partial charge on any atom is 0.401 e. The Morgan fingerprint density at radius 2 is 2.15 bits per heavy atom. The minimum absolute atomic E-state index is 0.00672. The molecule has 0 spiro atoms. The molecule has 1 unspecified atom stereocenters. The van der Waals surface area contributed by atoms with Crippen LogP contribution in [0.2, 0.25) is 0 Å². The zero-order chi connectivity index (χ0) is 14.8. The lowest BCUT2D eigenvalue weighted by atomic mass is 10.1. The SMILES string of the molecule is CC(C)c1cc(NC2CCN(CC(F)(F)F)C2)ncn1. The molecule has 20 heavy (non-hydrogen) atoms. The summed E-state index contributed by atoms with van der Waals surface area (Å²) in [6, 6.07) is 1.86. The third kappa shape index (κ3) is 4.33. The number of nitrogens with one attached hydrogen (secondary N) is 1. The summed E-state index contributed by atoms with van der Waals surface area (Å²) in [6.07, 6.45) is -1.95. The number of aromatic nitrogens is 2. The number of hydrogen-bond acceptors (Lipinski definition) is 4. The van der Waals surface area contributed by atoms with Crippen molar-refractivity contribution in [2.45, 2.75) is 38.4 Å². The minimum Gasteiger partial charge on any atom is -0.366 e. The highest BCUT2D eigenvalue weighted by Gasteiger charge is 2.34. The molecular weight excluding hydrogens is 269 g/mol. The molecule has 4 nitrogen and oxygen atoms in total. The lowest BCUT2D eigenvalue weighted by Gasteiger charge is -2.18. The summed E-state index contributed by atoms with van der Waals surface area (Å²) >= 11 is 0. The van der Waals surface area contributed by atoms with Gasteiger partial charge in [-0.2, -0.15) is 13.2 Å². The van der Waals surface area contributed by atoms with Crippen LogP contribution in [-0.2, 0) is 0 Å². The van der Waals surface area contributed by atoms with Crippen molar-refractivity contribution < 1.29 is 13.2 Å². The monoisotopic (exact) mass is 288 g/mol. The van der Waals surface area contributed by atoms with Gasteiger partial charge in [-0.25, -0.2) is 9.97 Å². The quantitative estimate of drug-likeness (QED) is 0.924. The fourth-order valence-corrected chi connectivity index (χ4v) is 2.32. The Morgan fingerprint density at radius 3 is 2.80 bits per heavy atom. The van der Waals surface area contributed by atoms with Gasteiger partial charge < -0.3 is 5.32 Å². The van der Waals surface area contributed by atoms with E-state index in [1.54, 1.807) is 0 Å². The summed E-state index contributed by atoms with van der Waals surface area (Å²) in [5.74, 6) is 0.978. The fourth-order valence-electron chi connectivity index (χ4n) is 2.32. The van der Waals surface area contributed by atoms with Crippen molar-refractivity contribution in [2.24, 2.45) is 0 Å². The molecule has 2 rings (SSSR count). The van der Waals surface area contributed by atoms with Gasteiger partial charge in [0.1, 0.15) is 12.1 Å². The van der Waals surface area contributed by atoms with Crippen LogP contribution < -0.4 is 5.32 Å². The van der Waals surface area contributed by atoms with E-state index in [0.29, 0.717) is 31.2 Å². The van der Waals surface area contributed by atoms with E-state index in [9.17, 15) is 13.2 Å². The van der Waals surface area contributed by atoms with Crippen LogP contribution in [0, 0.1) is 0 Å².